The van der Waals surface area contributed by atoms with E-state index < -0.39 is 0 Å². The SMILES string of the molecule is CCCCCCn1c(=NNC(C)=O)sc2ccccc21. The monoisotopic (exact) mass is 291 g/mol. The van der Waals surface area contributed by atoms with Gasteiger partial charge in [0.2, 0.25) is 10.7 Å². The Balaban J connectivity index is 2.29. The molecule has 2 rings (SSSR count). The predicted octanol–water partition coefficient (Wildman–Crippen LogP) is 3.23. The van der Waals surface area contributed by atoms with Crippen LogP contribution in [0.1, 0.15) is 39.5 Å². The molecule has 5 heteroatoms. The van der Waals surface area contributed by atoms with E-state index in [-0.39, 0.29) is 5.91 Å². The molecule has 1 aromatic heterocycles. The van der Waals surface area contributed by atoms with Gasteiger partial charge >= 0.3 is 0 Å². The van der Waals surface area contributed by atoms with Gasteiger partial charge in [-0.1, -0.05) is 49.7 Å². The summed E-state index contributed by atoms with van der Waals surface area (Å²) in [5, 5.41) is 4.22. The molecule has 4 nitrogen and oxygen atoms in total. The zero-order valence-corrected chi connectivity index (χ0v) is 12.9. The summed E-state index contributed by atoms with van der Waals surface area (Å²) in [5.41, 5.74) is 3.73. The number of carbonyl (C=O) groups excluding carboxylic acids is 1. The molecule has 0 aliphatic heterocycles. The Labute approximate surface area is 123 Å². The number of unbranched alkanes of at least 4 members (excludes halogenated alkanes) is 3. The number of carbonyl (C=O) groups is 1. The number of thiazole rings is 1. The molecule has 2 aromatic rings. The fourth-order valence-corrected chi connectivity index (χ4v) is 3.16. The van der Waals surface area contributed by atoms with Gasteiger partial charge in [-0.3, -0.25) is 4.79 Å². The number of benzene rings is 1. The van der Waals surface area contributed by atoms with Crippen LogP contribution in [-0.4, -0.2) is 10.5 Å². The van der Waals surface area contributed by atoms with E-state index in [1.165, 1.54) is 36.4 Å². The molecule has 20 heavy (non-hydrogen) atoms. The smallest absolute Gasteiger partial charge is 0.237 e. The van der Waals surface area contributed by atoms with Gasteiger partial charge in [0.25, 0.3) is 0 Å². The van der Waals surface area contributed by atoms with Crippen molar-refractivity contribution in [3.63, 3.8) is 0 Å². The highest BCUT2D eigenvalue weighted by atomic mass is 32.1. The van der Waals surface area contributed by atoms with E-state index in [0.29, 0.717) is 0 Å². The van der Waals surface area contributed by atoms with Crippen molar-refractivity contribution in [2.75, 3.05) is 0 Å². The van der Waals surface area contributed by atoms with Gasteiger partial charge in [-0.2, -0.15) is 0 Å². The summed E-state index contributed by atoms with van der Waals surface area (Å²) in [5.74, 6) is -0.139. The van der Waals surface area contributed by atoms with E-state index in [1.54, 1.807) is 11.3 Å². The summed E-state index contributed by atoms with van der Waals surface area (Å²) in [6, 6.07) is 8.27. The Morgan fingerprint density at radius 3 is 2.85 bits per heavy atom. The van der Waals surface area contributed by atoms with E-state index in [4.69, 9.17) is 0 Å². The fraction of sp³-hybridized carbons (Fsp3) is 0.467. The number of hydrogen-bond acceptors (Lipinski definition) is 3. The van der Waals surface area contributed by atoms with Crippen molar-refractivity contribution in [1.29, 1.82) is 0 Å². The first kappa shape index (κ1) is 14.8. The average molecular weight is 291 g/mol. The molecule has 0 saturated heterocycles. The maximum atomic E-state index is 11.0. The number of aromatic nitrogens is 1. The van der Waals surface area contributed by atoms with Crippen molar-refractivity contribution in [3.05, 3.63) is 29.1 Å². The number of para-hydroxylation sites is 1. The summed E-state index contributed by atoms with van der Waals surface area (Å²) in [6.45, 7) is 4.63. The third-order valence-electron chi connectivity index (χ3n) is 3.13. The number of aryl methyl sites for hydroxylation is 1. The minimum absolute atomic E-state index is 0.139. The normalized spacial score (nSPS) is 12.0. The molecule has 0 aliphatic carbocycles. The maximum Gasteiger partial charge on any atom is 0.237 e. The van der Waals surface area contributed by atoms with Gasteiger partial charge in [-0.25, -0.2) is 5.43 Å². The number of fused-ring (bicyclic) bond motifs is 1. The van der Waals surface area contributed by atoms with Crippen molar-refractivity contribution in [2.24, 2.45) is 5.10 Å². The molecule has 0 fully saturated rings. The van der Waals surface area contributed by atoms with Crippen LogP contribution in [0.25, 0.3) is 10.2 Å². The molecule has 1 amide bonds. The van der Waals surface area contributed by atoms with Crippen LogP contribution in [0.15, 0.2) is 29.4 Å². The molecule has 108 valence electrons. The largest absolute Gasteiger partial charge is 0.315 e. The van der Waals surface area contributed by atoms with Crippen LogP contribution in [0.3, 0.4) is 0 Å². The second-order valence-corrected chi connectivity index (χ2v) is 5.85. The minimum atomic E-state index is -0.139. The summed E-state index contributed by atoms with van der Waals surface area (Å²) in [6.07, 6.45) is 4.87. The molecule has 0 radical (unpaired) electrons. The lowest BCUT2D eigenvalue weighted by Gasteiger charge is -2.04. The van der Waals surface area contributed by atoms with E-state index in [1.807, 2.05) is 12.1 Å². The molecule has 0 spiro atoms. The molecule has 0 unspecified atom stereocenters. The van der Waals surface area contributed by atoms with Gasteiger partial charge in [0.05, 0.1) is 10.2 Å². The molecular weight excluding hydrogens is 270 g/mol. The summed E-state index contributed by atoms with van der Waals surface area (Å²) < 4.78 is 3.40. The molecule has 1 N–H and O–H groups in total. The van der Waals surface area contributed by atoms with E-state index in [9.17, 15) is 4.79 Å². The van der Waals surface area contributed by atoms with Crippen LogP contribution >= 0.6 is 11.3 Å². The van der Waals surface area contributed by atoms with E-state index >= 15 is 0 Å². The summed E-state index contributed by atoms with van der Waals surface area (Å²) >= 11 is 1.61. The van der Waals surface area contributed by atoms with E-state index in [0.717, 1.165) is 17.8 Å². The van der Waals surface area contributed by atoms with Crippen molar-refractivity contribution in [1.82, 2.24) is 9.99 Å². The van der Waals surface area contributed by atoms with Crippen molar-refractivity contribution >= 4 is 27.5 Å². The minimum Gasteiger partial charge on any atom is -0.315 e. The van der Waals surface area contributed by atoms with Gasteiger partial charge in [0.15, 0.2) is 0 Å². The molecule has 0 saturated carbocycles. The zero-order chi connectivity index (χ0) is 14.4. The van der Waals surface area contributed by atoms with Crippen LogP contribution < -0.4 is 10.2 Å². The lowest BCUT2D eigenvalue weighted by molar-refractivity contribution is -0.119. The molecule has 0 bridgehead atoms. The highest BCUT2D eigenvalue weighted by Gasteiger charge is 2.05. The number of rotatable bonds is 6. The highest BCUT2D eigenvalue weighted by molar-refractivity contribution is 7.16. The van der Waals surface area contributed by atoms with Crippen molar-refractivity contribution < 1.29 is 4.79 Å². The second kappa shape index (κ2) is 7.24. The molecule has 1 aromatic carbocycles. The topological polar surface area (TPSA) is 46.4 Å². The Morgan fingerprint density at radius 1 is 1.30 bits per heavy atom. The third kappa shape index (κ3) is 3.70. The van der Waals surface area contributed by atoms with Crippen LogP contribution in [0, 0.1) is 0 Å². The molecule has 0 aliphatic rings. The Bertz CT molecular complexity index is 642. The Kier molecular flexibility index (Phi) is 5.35. The number of amides is 1. The molecule has 1 heterocycles. The first-order valence-electron chi connectivity index (χ1n) is 7.11. The van der Waals surface area contributed by atoms with Gasteiger partial charge < -0.3 is 4.57 Å². The summed E-state index contributed by atoms with van der Waals surface area (Å²) in [4.78, 5) is 11.9. The summed E-state index contributed by atoms with van der Waals surface area (Å²) in [7, 11) is 0. The van der Waals surface area contributed by atoms with Crippen molar-refractivity contribution in [3.8, 4) is 0 Å². The third-order valence-corrected chi connectivity index (χ3v) is 4.19. The second-order valence-electron chi connectivity index (χ2n) is 4.84. The maximum absolute atomic E-state index is 11.0. The average Bonchev–Trinajstić information content (AvgIpc) is 2.79. The van der Waals surface area contributed by atoms with Crippen LogP contribution in [-0.2, 0) is 11.3 Å². The first-order chi connectivity index (χ1) is 9.72. The standard InChI is InChI=1S/C15H21N3OS/c1-3-4-5-8-11-18-13-9-6-7-10-14(13)20-15(18)17-16-12(2)19/h6-7,9-10H,3-5,8,11H2,1-2H3,(H,16,19). The zero-order valence-electron chi connectivity index (χ0n) is 12.1. The van der Waals surface area contributed by atoms with Crippen LogP contribution in [0.5, 0.6) is 0 Å². The lowest BCUT2D eigenvalue weighted by atomic mass is 10.2. The lowest BCUT2D eigenvalue weighted by Crippen LogP contribution is -2.22. The Hall–Kier alpha value is -1.62. The van der Waals surface area contributed by atoms with Crippen LogP contribution in [0.4, 0.5) is 0 Å². The molecular formula is C15H21N3OS. The number of nitrogens with zero attached hydrogens (tertiary/aromatic N) is 2. The highest BCUT2D eigenvalue weighted by Crippen LogP contribution is 2.17. The molecule has 0 atom stereocenters. The number of nitrogens with one attached hydrogen (secondary N) is 1. The van der Waals surface area contributed by atoms with Gasteiger partial charge in [0, 0.05) is 13.5 Å². The number of hydrogen-bond donors (Lipinski definition) is 1. The van der Waals surface area contributed by atoms with Gasteiger partial charge in [0.1, 0.15) is 0 Å². The predicted molar refractivity (Wildman–Crippen MR) is 83.3 cm³/mol. The Morgan fingerprint density at radius 2 is 2.10 bits per heavy atom. The van der Waals surface area contributed by atoms with Crippen LogP contribution in [0.2, 0.25) is 0 Å². The van der Waals surface area contributed by atoms with E-state index in [2.05, 4.69) is 34.2 Å². The van der Waals surface area contributed by atoms with Crippen molar-refractivity contribution in [2.45, 2.75) is 46.1 Å². The quantitative estimate of drug-likeness (QED) is 0.644. The van der Waals surface area contributed by atoms with Gasteiger partial charge in [-0.15, -0.1) is 5.10 Å². The van der Waals surface area contributed by atoms with Gasteiger partial charge in [-0.05, 0) is 18.6 Å². The fourth-order valence-electron chi connectivity index (χ4n) is 2.15. The first-order valence-corrected chi connectivity index (χ1v) is 7.92.